The zero-order valence-corrected chi connectivity index (χ0v) is 12.4. The van der Waals surface area contributed by atoms with Crippen LogP contribution in [0.4, 0.5) is 5.69 Å². The number of aromatic nitrogens is 2. The average Bonchev–Trinajstić information content (AvgIpc) is 2.88. The maximum absolute atomic E-state index is 4.45. The fourth-order valence-electron chi connectivity index (χ4n) is 2.50. The third-order valence-electron chi connectivity index (χ3n) is 3.63. The van der Waals surface area contributed by atoms with Crippen LogP contribution in [0, 0.1) is 13.8 Å². The Hall–Kier alpha value is -2.55. The maximum Gasteiger partial charge on any atom is 0.110 e. The largest absolute Gasteiger partial charge is 0.379 e. The van der Waals surface area contributed by atoms with E-state index in [0.29, 0.717) is 0 Å². The van der Waals surface area contributed by atoms with E-state index in [-0.39, 0.29) is 0 Å². The molecule has 106 valence electrons. The molecule has 0 radical (unpaired) electrons. The number of hydrogen-bond acceptors (Lipinski definition) is 2. The summed E-state index contributed by atoms with van der Waals surface area (Å²) in [6.45, 7) is 4.90. The molecular weight excluding hydrogens is 258 g/mol. The highest BCUT2D eigenvalue weighted by molar-refractivity contribution is 5.50. The Kier molecular flexibility index (Phi) is 3.73. The van der Waals surface area contributed by atoms with Crippen LogP contribution < -0.4 is 5.32 Å². The molecule has 0 fully saturated rings. The minimum Gasteiger partial charge on any atom is -0.379 e. The number of nitrogens with zero attached hydrogens (tertiary/aromatic N) is 2. The first-order valence-corrected chi connectivity index (χ1v) is 7.14. The van der Waals surface area contributed by atoms with Crippen LogP contribution in [0.25, 0.3) is 5.69 Å². The van der Waals surface area contributed by atoms with Crippen LogP contribution in [-0.2, 0) is 6.54 Å². The van der Waals surface area contributed by atoms with E-state index in [1.54, 1.807) is 0 Å². The number of hydrogen-bond donors (Lipinski definition) is 1. The van der Waals surface area contributed by atoms with Crippen molar-refractivity contribution in [3.63, 3.8) is 0 Å². The second-order valence-corrected chi connectivity index (χ2v) is 5.14. The zero-order valence-electron chi connectivity index (χ0n) is 12.4. The summed E-state index contributed by atoms with van der Waals surface area (Å²) in [7, 11) is 0. The Morgan fingerprint density at radius 2 is 1.67 bits per heavy atom. The molecule has 1 heterocycles. The van der Waals surface area contributed by atoms with Gasteiger partial charge in [-0.25, -0.2) is 4.98 Å². The van der Waals surface area contributed by atoms with Crippen LogP contribution in [0.3, 0.4) is 0 Å². The average molecular weight is 277 g/mol. The van der Waals surface area contributed by atoms with Crippen molar-refractivity contribution < 1.29 is 0 Å². The van der Waals surface area contributed by atoms with Gasteiger partial charge in [0.05, 0.1) is 18.4 Å². The van der Waals surface area contributed by atoms with Crippen LogP contribution >= 0.6 is 0 Å². The van der Waals surface area contributed by atoms with E-state index in [2.05, 4.69) is 58.2 Å². The predicted molar refractivity (Wildman–Crippen MR) is 86.8 cm³/mol. The van der Waals surface area contributed by atoms with Gasteiger partial charge in [-0.05, 0) is 37.6 Å². The highest BCUT2D eigenvalue weighted by atomic mass is 15.1. The van der Waals surface area contributed by atoms with Crippen molar-refractivity contribution >= 4 is 5.69 Å². The summed E-state index contributed by atoms with van der Waals surface area (Å²) in [6, 6.07) is 18.7. The molecule has 1 aromatic heterocycles. The fraction of sp³-hybridized carbons (Fsp3) is 0.167. The van der Waals surface area contributed by atoms with E-state index < -0.39 is 0 Å². The van der Waals surface area contributed by atoms with Crippen molar-refractivity contribution in [2.24, 2.45) is 0 Å². The third kappa shape index (κ3) is 2.82. The molecule has 0 aliphatic heterocycles. The molecule has 3 heteroatoms. The van der Waals surface area contributed by atoms with Gasteiger partial charge in [-0.2, -0.15) is 0 Å². The van der Waals surface area contributed by atoms with Gasteiger partial charge in [0.25, 0.3) is 0 Å². The van der Waals surface area contributed by atoms with Gasteiger partial charge in [0, 0.05) is 11.4 Å². The number of imidazole rings is 1. The normalized spacial score (nSPS) is 10.6. The minimum atomic E-state index is 0.751. The van der Waals surface area contributed by atoms with Gasteiger partial charge in [0.15, 0.2) is 0 Å². The molecule has 0 bridgehead atoms. The Morgan fingerprint density at radius 1 is 0.952 bits per heavy atom. The Morgan fingerprint density at radius 3 is 2.43 bits per heavy atom. The fourth-order valence-corrected chi connectivity index (χ4v) is 2.50. The molecule has 0 unspecified atom stereocenters. The van der Waals surface area contributed by atoms with Crippen LogP contribution in [0.2, 0.25) is 0 Å². The van der Waals surface area contributed by atoms with Crippen LogP contribution in [-0.4, -0.2) is 9.55 Å². The highest BCUT2D eigenvalue weighted by Gasteiger charge is 2.08. The second kappa shape index (κ2) is 5.83. The van der Waals surface area contributed by atoms with Gasteiger partial charge in [-0.15, -0.1) is 0 Å². The number of rotatable bonds is 4. The summed E-state index contributed by atoms with van der Waals surface area (Å²) in [6.07, 6.45) is 1.94. The predicted octanol–water partition coefficient (Wildman–Crippen LogP) is 4.10. The molecule has 21 heavy (non-hydrogen) atoms. The van der Waals surface area contributed by atoms with Crippen molar-refractivity contribution in [2.45, 2.75) is 20.4 Å². The van der Waals surface area contributed by atoms with E-state index in [1.807, 2.05) is 31.3 Å². The highest BCUT2D eigenvalue weighted by Crippen LogP contribution is 2.18. The quantitative estimate of drug-likeness (QED) is 0.778. The molecule has 0 saturated heterocycles. The first kappa shape index (κ1) is 13.4. The summed E-state index contributed by atoms with van der Waals surface area (Å²) in [5.41, 5.74) is 4.71. The molecule has 3 rings (SSSR count). The maximum atomic E-state index is 4.45. The van der Waals surface area contributed by atoms with E-state index in [4.69, 9.17) is 0 Å². The van der Waals surface area contributed by atoms with Gasteiger partial charge in [0.2, 0.25) is 0 Å². The van der Waals surface area contributed by atoms with Gasteiger partial charge in [-0.3, -0.25) is 4.57 Å². The lowest BCUT2D eigenvalue weighted by atomic mass is 10.2. The molecule has 3 aromatic rings. The molecule has 1 N–H and O–H groups in total. The molecule has 0 aliphatic rings. The molecule has 0 saturated carbocycles. The van der Waals surface area contributed by atoms with Gasteiger partial charge in [-0.1, -0.05) is 36.4 Å². The van der Waals surface area contributed by atoms with Crippen molar-refractivity contribution in [1.82, 2.24) is 9.55 Å². The number of nitrogens with one attached hydrogen (secondary N) is 1. The molecule has 2 aromatic carbocycles. The number of para-hydroxylation sites is 2. The lowest BCUT2D eigenvalue weighted by molar-refractivity contribution is 0.899. The summed E-state index contributed by atoms with van der Waals surface area (Å²) < 4.78 is 2.19. The lowest BCUT2D eigenvalue weighted by Gasteiger charge is -2.13. The Bertz CT molecular complexity index is 729. The van der Waals surface area contributed by atoms with Crippen LogP contribution in [0.1, 0.15) is 17.1 Å². The van der Waals surface area contributed by atoms with E-state index >= 15 is 0 Å². The monoisotopic (exact) mass is 277 g/mol. The zero-order chi connectivity index (χ0) is 14.7. The molecule has 0 spiro atoms. The number of benzene rings is 2. The van der Waals surface area contributed by atoms with E-state index in [0.717, 1.165) is 29.4 Å². The SMILES string of the molecule is Cc1ccccc1NCc1cnc(C)n1-c1ccccc1. The molecule has 0 aliphatic carbocycles. The van der Waals surface area contributed by atoms with Crippen molar-refractivity contribution in [3.8, 4) is 5.69 Å². The van der Waals surface area contributed by atoms with Gasteiger partial charge >= 0.3 is 0 Å². The molecule has 3 nitrogen and oxygen atoms in total. The molecule has 0 amide bonds. The van der Waals surface area contributed by atoms with E-state index in [1.165, 1.54) is 5.56 Å². The topological polar surface area (TPSA) is 29.9 Å². The van der Waals surface area contributed by atoms with Crippen LogP contribution in [0.5, 0.6) is 0 Å². The standard InChI is InChI=1S/C18H19N3/c1-14-8-6-7-11-18(14)20-13-17-12-19-15(2)21(17)16-9-4-3-5-10-16/h3-12,20H,13H2,1-2H3. The van der Waals surface area contributed by atoms with Crippen LogP contribution in [0.15, 0.2) is 60.8 Å². The van der Waals surface area contributed by atoms with Crippen molar-refractivity contribution in [1.29, 1.82) is 0 Å². The smallest absolute Gasteiger partial charge is 0.110 e. The number of anilines is 1. The summed E-state index contributed by atoms with van der Waals surface area (Å²) in [5.74, 6) is 1.00. The number of aryl methyl sites for hydroxylation is 2. The summed E-state index contributed by atoms with van der Waals surface area (Å²) in [4.78, 5) is 4.45. The minimum absolute atomic E-state index is 0.751. The van der Waals surface area contributed by atoms with Crippen molar-refractivity contribution in [3.05, 3.63) is 77.9 Å². The third-order valence-corrected chi connectivity index (χ3v) is 3.63. The Labute approximate surface area is 125 Å². The Balaban J connectivity index is 1.86. The summed E-state index contributed by atoms with van der Waals surface area (Å²) >= 11 is 0. The van der Waals surface area contributed by atoms with E-state index in [9.17, 15) is 0 Å². The lowest BCUT2D eigenvalue weighted by Crippen LogP contribution is -2.08. The van der Waals surface area contributed by atoms with Gasteiger partial charge in [0.1, 0.15) is 5.82 Å². The molecule has 0 atom stereocenters. The molecular formula is C18H19N3. The van der Waals surface area contributed by atoms with Crippen molar-refractivity contribution in [2.75, 3.05) is 5.32 Å². The summed E-state index contributed by atoms with van der Waals surface area (Å²) in [5, 5.41) is 3.49. The second-order valence-electron chi connectivity index (χ2n) is 5.14. The first-order valence-electron chi connectivity index (χ1n) is 7.14. The first-order chi connectivity index (χ1) is 10.3. The van der Waals surface area contributed by atoms with Gasteiger partial charge < -0.3 is 5.32 Å².